The number of aromatic nitrogens is 4. The number of nitrogens with one attached hydrogen (secondary N) is 1. The molecule has 2 aromatic heterocycles. The molecule has 0 radical (unpaired) electrons. The highest BCUT2D eigenvalue weighted by molar-refractivity contribution is 9.10. The zero-order valence-electron chi connectivity index (χ0n) is 5.28. The molecule has 0 saturated carbocycles. The second kappa shape index (κ2) is 2.46. The lowest BCUT2D eigenvalue weighted by molar-refractivity contribution is 0.551. The van der Waals surface area contributed by atoms with E-state index in [4.69, 9.17) is 4.42 Å². The maximum atomic E-state index is 5.17. The summed E-state index contributed by atoms with van der Waals surface area (Å²) in [5, 5.41) is 13.1. The predicted molar refractivity (Wildman–Crippen MR) is 39.6 cm³/mol. The molecule has 0 amide bonds. The monoisotopic (exact) mass is 214 g/mol. The third-order valence-corrected chi connectivity index (χ3v) is 1.58. The summed E-state index contributed by atoms with van der Waals surface area (Å²) in [4.78, 5) is 0. The average Bonchev–Trinajstić information content (AvgIpc) is 2.55. The van der Waals surface area contributed by atoms with Crippen LogP contribution in [0, 0.1) is 0 Å². The fourth-order valence-corrected chi connectivity index (χ4v) is 1.01. The summed E-state index contributed by atoms with van der Waals surface area (Å²) in [6, 6.07) is 3.55. The molecule has 6 heteroatoms. The van der Waals surface area contributed by atoms with E-state index < -0.39 is 0 Å². The highest BCUT2D eigenvalue weighted by atomic mass is 79.9. The van der Waals surface area contributed by atoms with Crippen molar-refractivity contribution < 1.29 is 4.42 Å². The first-order chi connectivity index (χ1) is 5.36. The molecule has 2 heterocycles. The molecular weight excluding hydrogens is 212 g/mol. The highest BCUT2D eigenvalue weighted by Gasteiger charge is 2.05. The zero-order valence-corrected chi connectivity index (χ0v) is 6.87. The van der Waals surface area contributed by atoms with Crippen LogP contribution in [0.5, 0.6) is 0 Å². The molecule has 56 valence electrons. The number of furan rings is 1. The van der Waals surface area contributed by atoms with Gasteiger partial charge in [0.05, 0.1) is 0 Å². The van der Waals surface area contributed by atoms with E-state index in [0.717, 1.165) is 0 Å². The van der Waals surface area contributed by atoms with Crippen molar-refractivity contribution in [1.82, 2.24) is 20.6 Å². The van der Waals surface area contributed by atoms with E-state index in [-0.39, 0.29) is 0 Å². The molecule has 1 N–H and O–H groups in total. The standard InChI is InChI=1S/C5H3BrN4O/c6-4-2-1-3(11-4)5-7-9-10-8-5/h1-2H,(H,7,8,9,10). The lowest BCUT2D eigenvalue weighted by Crippen LogP contribution is -1.75. The molecule has 2 aromatic rings. The summed E-state index contributed by atoms with van der Waals surface area (Å²) < 4.78 is 5.83. The maximum Gasteiger partial charge on any atom is 0.215 e. The Kier molecular flexibility index (Phi) is 1.46. The molecule has 0 atom stereocenters. The van der Waals surface area contributed by atoms with Crippen LogP contribution in [0.3, 0.4) is 0 Å². The minimum atomic E-state index is 0.524. The first-order valence-corrected chi connectivity index (χ1v) is 3.65. The number of H-pyrrole nitrogens is 1. The number of halogens is 1. The summed E-state index contributed by atoms with van der Waals surface area (Å²) in [7, 11) is 0. The van der Waals surface area contributed by atoms with Crippen LogP contribution in [0.15, 0.2) is 21.2 Å². The minimum absolute atomic E-state index is 0.524. The number of nitrogens with zero attached hydrogens (tertiary/aromatic N) is 3. The van der Waals surface area contributed by atoms with E-state index in [1.165, 1.54) is 0 Å². The van der Waals surface area contributed by atoms with Crippen molar-refractivity contribution in [2.24, 2.45) is 0 Å². The van der Waals surface area contributed by atoms with E-state index >= 15 is 0 Å². The first-order valence-electron chi connectivity index (χ1n) is 2.86. The Labute approximate surface area is 69.9 Å². The van der Waals surface area contributed by atoms with Crippen LogP contribution in [-0.4, -0.2) is 20.6 Å². The molecule has 0 aliphatic rings. The van der Waals surface area contributed by atoms with Crippen molar-refractivity contribution in [2.45, 2.75) is 0 Å². The molecule has 0 aromatic carbocycles. The second-order valence-electron chi connectivity index (χ2n) is 1.85. The lowest BCUT2D eigenvalue weighted by Gasteiger charge is -1.83. The Morgan fingerprint density at radius 2 is 2.36 bits per heavy atom. The lowest BCUT2D eigenvalue weighted by atomic mass is 10.4. The summed E-state index contributed by atoms with van der Waals surface area (Å²) >= 11 is 3.17. The van der Waals surface area contributed by atoms with Gasteiger partial charge in [-0.25, -0.2) is 5.10 Å². The van der Waals surface area contributed by atoms with Crippen LogP contribution in [0.1, 0.15) is 0 Å². The molecule has 0 aliphatic carbocycles. The topological polar surface area (TPSA) is 67.6 Å². The maximum absolute atomic E-state index is 5.17. The average molecular weight is 215 g/mol. The summed E-state index contributed by atoms with van der Waals surface area (Å²) in [5.74, 6) is 1.14. The summed E-state index contributed by atoms with van der Waals surface area (Å²) in [5.41, 5.74) is 0. The van der Waals surface area contributed by atoms with Crippen molar-refractivity contribution >= 4 is 15.9 Å². The largest absolute Gasteiger partial charge is 0.446 e. The first kappa shape index (κ1) is 6.53. The van der Waals surface area contributed by atoms with Crippen molar-refractivity contribution in [1.29, 1.82) is 0 Å². The van der Waals surface area contributed by atoms with Gasteiger partial charge in [0.1, 0.15) is 0 Å². The van der Waals surface area contributed by atoms with E-state index in [2.05, 4.69) is 36.6 Å². The van der Waals surface area contributed by atoms with E-state index in [9.17, 15) is 0 Å². The van der Waals surface area contributed by atoms with Crippen molar-refractivity contribution in [3.05, 3.63) is 16.8 Å². The second-order valence-corrected chi connectivity index (χ2v) is 2.64. The van der Waals surface area contributed by atoms with Crippen molar-refractivity contribution in [3.8, 4) is 11.6 Å². The normalized spacial score (nSPS) is 10.3. The SMILES string of the molecule is Brc1ccc(-c2nnn[nH]2)o1. The third-order valence-electron chi connectivity index (χ3n) is 1.15. The van der Waals surface area contributed by atoms with Crippen LogP contribution in [0.25, 0.3) is 11.6 Å². The summed E-state index contributed by atoms with van der Waals surface area (Å²) in [6.07, 6.45) is 0. The fraction of sp³-hybridized carbons (Fsp3) is 0. The van der Waals surface area contributed by atoms with Gasteiger partial charge in [-0.05, 0) is 38.5 Å². The molecule has 0 aliphatic heterocycles. The molecule has 11 heavy (non-hydrogen) atoms. The quantitative estimate of drug-likeness (QED) is 0.776. The Morgan fingerprint density at radius 1 is 1.45 bits per heavy atom. The van der Waals surface area contributed by atoms with Crippen LogP contribution < -0.4 is 0 Å². The van der Waals surface area contributed by atoms with Crippen LogP contribution >= 0.6 is 15.9 Å². The highest BCUT2D eigenvalue weighted by Crippen LogP contribution is 2.20. The minimum Gasteiger partial charge on any atom is -0.446 e. The van der Waals surface area contributed by atoms with Gasteiger partial charge in [0, 0.05) is 0 Å². The Morgan fingerprint density at radius 3 is 2.91 bits per heavy atom. The van der Waals surface area contributed by atoms with Gasteiger partial charge >= 0.3 is 0 Å². The fourth-order valence-electron chi connectivity index (χ4n) is 0.705. The van der Waals surface area contributed by atoms with Gasteiger partial charge in [0.2, 0.25) is 5.82 Å². The van der Waals surface area contributed by atoms with Gasteiger partial charge < -0.3 is 4.42 Å². The van der Waals surface area contributed by atoms with Gasteiger partial charge in [-0.15, -0.1) is 5.10 Å². The van der Waals surface area contributed by atoms with E-state index in [1.807, 2.05) is 0 Å². The van der Waals surface area contributed by atoms with Crippen LogP contribution in [0.2, 0.25) is 0 Å². The molecule has 0 bridgehead atoms. The molecule has 2 rings (SSSR count). The smallest absolute Gasteiger partial charge is 0.215 e. The number of hydrogen-bond acceptors (Lipinski definition) is 4. The molecule has 0 spiro atoms. The molecular formula is C5H3BrN4O. The van der Waals surface area contributed by atoms with Gasteiger partial charge in [-0.1, -0.05) is 0 Å². The number of hydrogen-bond donors (Lipinski definition) is 1. The van der Waals surface area contributed by atoms with E-state index in [0.29, 0.717) is 16.3 Å². The molecule has 0 unspecified atom stereocenters. The predicted octanol–water partition coefficient (Wildman–Crippen LogP) is 1.22. The Balaban J connectivity index is 2.45. The molecule has 0 fully saturated rings. The number of tetrazole rings is 1. The Hall–Kier alpha value is -1.17. The zero-order chi connectivity index (χ0) is 7.68. The van der Waals surface area contributed by atoms with Gasteiger partial charge in [-0.3, -0.25) is 0 Å². The van der Waals surface area contributed by atoms with Gasteiger partial charge in [0.25, 0.3) is 0 Å². The Bertz CT molecular complexity index is 341. The molecule has 0 saturated heterocycles. The third kappa shape index (κ3) is 1.16. The van der Waals surface area contributed by atoms with Crippen LogP contribution in [-0.2, 0) is 0 Å². The van der Waals surface area contributed by atoms with Crippen LogP contribution in [0.4, 0.5) is 0 Å². The summed E-state index contributed by atoms with van der Waals surface area (Å²) in [6.45, 7) is 0. The van der Waals surface area contributed by atoms with Gasteiger partial charge in [0.15, 0.2) is 10.4 Å². The molecule has 5 nitrogen and oxygen atoms in total. The number of aromatic amines is 1. The van der Waals surface area contributed by atoms with Crippen molar-refractivity contribution in [2.75, 3.05) is 0 Å². The number of rotatable bonds is 1. The van der Waals surface area contributed by atoms with E-state index in [1.54, 1.807) is 12.1 Å². The van der Waals surface area contributed by atoms with Gasteiger partial charge in [-0.2, -0.15) is 0 Å². The van der Waals surface area contributed by atoms with Crippen molar-refractivity contribution in [3.63, 3.8) is 0 Å².